The zero-order valence-electron chi connectivity index (χ0n) is 12.8. The first-order valence-corrected chi connectivity index (χ1v) is 8.59. The van der Waals surface area contributed by atoms with Crippen molar-refractivity contribution in [2.75, 3.05) is 13.2 Å². The van der Waals surface area contributed by atoms with Crippen LogP contribution in [0.15, 0.2) is 39.3 Å². The van der Waals surface area contributed by atoms with Crippen molar-refractivity contribution in [2.45, 2.75) is 6.92 Å². The fourth-order valence-electron chi connectivity index (χ4n) is 2.10. The molecular formula is C16H14Br2N2O4. The molecule has 1 fully saturated rings. The molecule has 8 heteroatoms. The molecule has 2 rings (SSSR count). The number of barbiturate groups is 1. The average Bonchev–Trinajstić information content (AvgIpc) is 2.51. The third kappa shape index (κ3) is 3.76. The molecule has 6 nitrogen and oxygen atoms in total. The zero-order chi connectivity index (χ0) is 17.9. The highest BCUT2D eigenvalue weighted by atomic mass is 79.9. The highest BCUT2D eigenvalue weighted by Crippen LogP contribution is 2.35. The lowest BCUT2D eigenvalue weighted by Gasteiger charge is -2.25. The van der Waals surface area contributed by atoms with Gasteiger partial charge in [-0.2, -0.15) is 0 Å². The Morgan fingerprint density at radius 2 is 1.88 bits per heavy atom. The van der Waals surface area contributed by atoms with Crippen LogP contribution in [0, 0.1) is 0 Å². The quantitative estimate of drug-likeness (QED) is 0.418. The molecule has 1 heterocycles. The molecule has 0 aromatic heterocycles. The zero-order valence-corrected chi connectivity index (χ0v) is 15.9. The minimum absolute atomic E-state index is 0.0198. The molecule has 1 aromatic carbocycles. The maximum Gasteiger partial charge on any atom is 0.331 e. The second-order valence-electron chi connectivity index (χ2n) is 4.77. The fraction of sp³-hybridized carbons (Fsp3) is 0.188. The highest BCUT2D eigenvalue weighted by molar-refractivity contribution is 9.11. The first kappa shape index (κ1) is 18.4. The molecule has 1 aliphatic rings. The Labute approximate surface area is 155 Å². The Morgan fingerprint density at radius 1 is 1.25 bits per heavy atom. The molecule has 0 radical (unpaired) electrons. The summed E-state index contributed by atoms with van der Waals surface area (Å²) >= 11 is 6.79. The summed E-state index contributed by atoms with van der Waals surface area (Å²) in [6.45, 7) is 5.88. The van der Waals surface area contributed by atoms with Crippen molar-refractivity contribution in [1.82, 2.24) is 10.2 Å². The lowest BCUT2D eigenvalue weighted by atomic mass is 10.1. The third-order valence-corrected chi connectivity index (χ3v) is 4.30. The molecule has 0 spiro atoms. The minimum atomic E-state index is -0.754. The van der Waals surface area contributed by atoms with Gasteiger partial charge in [0.15, 0.2) is 0 Å². The predicted molar refractivity (Wildman–Crippen MR) is 96.4 cm³/mol. The Morgan fingerprint density at radius 3 is 2.42 bits per heavy atom. The number of carbonyl (C=O) groups is 3. The van der Waals surface area contributed by atoms with Gasteiger partial charge in [0.1, 0.15) is 11.3 Å². The number of halogens is 2. The van der Waals surface area contributed by atoms with Crippen molar-refractivity contribution in [3.63, 3.8) is 0 Å². The lowest BCUT2D eigenvalue weighted by Crippen LogP contribution is -2.54. The van der Waals surface area contributed by atoms with Crippen LogP contribution >= 0.6 is 31.9 Å². The van der Waals surface area contributed by atoms with Crippen LogP contribution in [0.5, 0.6) is 5.75 Å². The van der Waals surface area contributed by atoms with E-state index in [1.807, 2.05) is 6.92 Å². The topological polar surface area (TPSA) is 75.7 Å². The molecule has 1 saturated heterocycles. The summed E-state index contributed by atoms with van der Waals surface area (Å²) in [6, 6.07) is 2.69. The SMILES string of the molecule is C=CCN1C(=O)NC(=O)/C(=C\c2cc(Br)c(OCC)c(Br)c2)C1=O. The summed E-state index contributed by atoms with van der Waals surface area (Å²) < 4.78 is 6.84. The van der Waals surface area contributed by atoms with E-state index in [1.54, 1.807) is 12.1 Å². The van der Waals surface area contributed by atoms with Crippen LogP contribution in [0.3, 0.4) is 0 Å². The second kappa shape index (κ2) is 7.76. The fourth-order valence-corrected chi connectivity index (χ4v) is 3.55. The van der Waals surface area contributed by atoms with Crippen LogP contribution in [0.25, 0.3) is 6.08 Å². The summed E-state index contributed by atoms with van der Waals surface area (Å²) in [6.07, 6.45) is 2.83. The lowest BCUT2D eigenvalue weighted by molar-refractivity contribution is -0.129. The van der Waals surface area contributed by atoms with Gasteiger partial charge in [-0.05, 0) is 62.6 Å². The Bertz CT molecular complexity index is 735. The highest BCUT2D eigenvalue weighted by Gasteiger charge is 2.34. The van der Waals surface area contributed by atoms with Crippen molar-refractivity contribution >= 4 is 55.8 Å². The predicted octanol–water partition coefficient (Wildman–Crippen LogP) is 3.26. The van der Waals surface area contributed by atoms with Gasteiger partial charge in [0.05, 0.1) is 15.6 Å². The molecule has 1 N–H and O–H groups in total. The van der Waals surface area contributed by atoms with Crippen LogP contribution in [0.2, 0.25) is 0 Å². The number of urea groups is 1. The van der Waals surface area contributed by atoms with E-state index in [1.165, 1.54) is 12.2 Å². The van der Waals surface area contributed by atoms with Gasteiger partial charge in [0, 0.05) is 6.54 Å². The van der Waals surface area contributed by atoms with Gasteiger partial charge >= 0.3 is 6.03 Å². The summed E-state index contributed by atoms with van der Waals surface area (Å²) in [4.78, 5) is 37.0. The first-order valence-electron chi connectivity index (χ1n) is 7.00. The molecule has 0 aliphatic carbocycles. The van der Waals surface area contributed by atoms with Crippen molar-refractivity contribution in [3.05, 3.63) is 44.9 Å². The number of ether oxygens (including phenoxy) is 1. The van der Waals surface area contributed by atoms with E-state index < -0.39 is 17.8 Å². The molecule has 24 heavy (non-hydrogen) atoms. The van der Waals surface area contributed by atoms with Crippen LogP contribution < -0.4 is 10.1 Å². The van der Waals surface area contributed by atoms with Crippen molar-refractivity contribution in [2.24, 2.45) is 0 Å². The van der Waals surface area contributed by atoms with Crippen LogP contribution in [0.1, 0.15) is 12.5 Å². The van der Waals surface area contributed by atoms with Gasteiger partial charge in [0.25, 0.3) is 11.8 Å². The molecule has 0 atom stereocenters. The maximum absolute atomic E-state index is 12.4. The summed E-state index contributed by atoms with van der Waals surface area (Å²) in [7, 11) is 0. The number of carbonyl (C=O) groups excluding carboxylic acids is 3. The number of imide groups is 2. The number of nitrogens with one attached hydrogen (secondary N) is 1. The van der Waals surface area contributed by atoms with Crippen LogP contribution in [-0.2, 0) is 9.59 Å². The van der Waals surface area contributed by atoms with Crippen LogP contribution in [0.4, 0.5) is 4.79 Å². The van der Waals surface area contributed by atoms with Gasteiger partial charge in [-0.3, -0.25) is 19.8 Å². The Balaban J connectivity index is 2.42. The molecule has 0 bridgehead atoms. The molecular weight excluding hydrogens is 444 g/mol. The number of nitrogens with zero attached hydrogens (tertiary/aromatic N) is 1. The first-order chi connectivity index (χ1) is 11.4. The molecule has 1 aliphatic heterocycles. The average molecular weight is 458 g/mol. The van der Waals surface area contributed by atoms with E-state index in [0.29, 0.717) is 26.9 Å². The Hall–Kier alpha value is -1.93. The van der Waals surface area contributed by atoms with Gasteiger partial charge in [-0.1, -0.05) is 6.08 Å². The molecule has 4 amide bonds. The van der Waals surface area contributed by atoms with E-state index >= 15 is 0 Å². The molecule has 1 aromatic rings. The van der Waals surface area contributed by atoms with E-state index in [9.17, 15) is 14.4 Å². The van der Waals surface area contributed by atoms with Gasteiger partial charge in [-0.25, -0.2) is 4.79 Å². The van der Waals surface area contributed by atoms with Crippen molar-refractivity contribution in [1.29, 1.82) is 0 Å². The molecule has 0 unspecified atom stereocenters. The number of hydrogen-bond donors (Lipinski definition) is 1. The number of rotatable bonds is 5. The van der Waals surface area contributed by atoms with Crippen molar-refractivity contribution in [3.8, 4) is 5.75 Å². The Kier molecular flexibility index (Phi) is 5.95. The van der Waals surface area contributed by atoms with E-state index in [4.69, 9.17) is 4.74 Å². The number of hydrogen-bond acceptors (Lipinski definition) is 4. The number of benzene rings is 1. The summed E-state index contributed by atoms with van der Waals surface area (Å²) in [5.41, 5.74) is 0.475. The second-order valence-corrected chi connectivity index (χ2v) is 6.48. The van der Waals surface area contributed by atoms with Gasteiger partial charge in [0.2, 0.25) is 0 Å². The van der Waals surface area contributed by atoms with Crippen molar-refractivity contribution < 1.29 is 19.1 Å². The standard InChI is InChI=1S/C16H14Br2N2O4/c1-3-5-20-15(22)10(14(21)19-16(20)23)6-9-7-11(17)13(24-4-2)12(18)8-9/h3,6-8H,1,4-5H2,2H3,(H,19,21,23)/b10-6+. The summed E-state index contributed by atoms with van der Waals surface area (Å²) in [5.74, 6) is -0.765. The number of amides is 4. The van der Waals surface area contributed by atoms with E-state index in [-0.39, 0.29) is 12.1 Å². The molecule has 126 valence electrons. The third-order valence-electron chi connectivity index (χ3n) is 3.12. The maximum atomic E-state index is 12.4. The largest absolute Gasteiger partial charge is 0.492 e. The minimum Gasteiger partial charge on any atom is -0.492 e. The van der Waals surface area contributed by atoms with Gasteiger partial charge in [-0.15, -0.1) is 6.58 Å². The van der Waals surface area contributed by atoms with E-state index in [0.717, 1.165) is 4.90 Å². The normalized spacial score (nSPS) is 16.4. The van der Waals surface area contributed by atoms with E-state index in [2.05, 4.69) is 43.8 Å². The smallest absolute Gasteiger partial charge is 0.331 e. The van der Waals surface area contributed by atoms with Gasteiger partial charge < -0.3 is 4.74 Å². The van der Waals surface area contributed by atoms with Crippen LogP contribution in [-0.4, -0.2) is 35.9 Å². The summed E-state index contributed by atoms with van der Waals surface area (Å²) in [5, 5.41) is 2.14. The monoisotopic (exact) mass is 456 g/mol. The molecule has 0 saturated carbocycles.